The zero-order valence-corrected chi connectivity index (χ0v) is 19.6. The molecule has 0 aromatic heterocycles. The lowest BCUT2D eigenvalue weighted by molar-refractivity contribution is -0.164. The van der Waals surface area contributed by atoms with Crippen molar-refractivity contribution < 1.29 is 5.11 Å². The van der Waals surface area contributed by atoms with E-state index in [4.69, 9.17) is 0 Å². The fourth-order valence-electron chi connectivity index (χ4n) is 9.28. The molecule has 0 heterocycles. The molecule has 162 valence electrons. The van der Waals surface area contributed by atoms with Gasteiger partial charge in [-0.15, -0.1) is 0 Å². The van der Waals surface area contributed by atoms with E-state index in [2.05, 4.69) is 34.6 Å². The number of aliphatic hydroxyl groups excluding tert-OH is 1. The summed E-state index contributed by atoms with van der Waals surface area (Å²) in [5.74, 6) is 5.60. The maximum absolute atomic E-state index is 11.3. The lowest BCUT2D eigenvalue weighted by atomic mass is 9.44. The standard InChI is InChI=1S/C27H48O/c1-18(2)9-8-10-19(3)21-12-13-22-25-23(14-16-27(21,22)5)26(4)15-7-6-11-20(26)17-24(25)28/h18-25,28H,6-17H2,1-5H3/t19-,20-,21+,22-,23+,24-,25-,26-,27+/m1/s1. The smallest absolute Gasteiger partial charge is 0.0577 e. The molecule has 4 saturated carbocycles. The molecule has 0 bridgehead atoms. The third-order valence-electron chi connectivity index (χ3n) is 10.8. The summed E-state index contributed by atoms with van der Waals surface area (Å²) in [6.45, 7) is 12.6. The van der Waals surface area contributed by atoms with Crippen molar-refractivity contribution in [2.45, 2.75) is 118 Å². The Morgan fingerprint density at radius 1 is 0.857 bits per heavy atom. The minimum Gasteiger partial charge on any atom is -0.393 e. The summed E-state index contributed by atoms with van der Waals surface area (Å²) in [6, 6.07) is 0. The van der Waals surface area contributed by atoms with Crippen LogP contribution in [0.25, 0.3) is 0 Å². The molecule has 0 radical (unpaired) electrons. The molecule has 1 N–H and O–H groups in total. The van der Waals surface area contributed by atoms with Crippen LogP contribution in [-0.4, -0.2) is 11.2 Å². The molecule has 28 heavy (non-hydrogen) atoms. The SMILES string of the molecule is CC(C)CCC[C@@H](C)[C@@H]1CC[C@@H]2[C@H]3[C@H](O)C[C@H]4CCCC[C@@]4(C)[C@H]3CC[C@]21C. The highest BCUT2D eigenvalue weighted by Gasteiger charge is 2.62. The summed E-state index contributed by atoms with van der Waals surface area (Å²) in [4.78, 5) is 0. The quantitative estimate of drug-likeness (QED) is 0.518. The Kier molecular flexibility index (Phi) is 5.98. The van der Waals surface area contributed by atoms with Crippen molar-refractivity contribution in [2.75, 3.05) is 0 Å². The van der Waals surface area contributed by atoms with Gasteiger partial charge in [0.05, 0.1) is 6.10 Å². The van der Waals surface area contributed by atoms with Crippen LogP contribution in [0.1, 0.15) is 112 Å². The second-order valence-electron chi connectivity index (χ2n) is 12.6. The van der Waals surface area contributed by atoms with Crippen molar-refractivity contribution in [3.05, 3.63) is 0 Å². The molecule has 1 nitrogen and oxygen atoms in total. The van der Waals surface area contributed by atoms with E-state index < -0.39 is 0 Å². The first-order chi connectivity index (χ1) is 13.3. The van der Waals surface area contributed by atoms with Crippen LogP contribution in [0.4, 0.5) is 0 Å². The Hall–Kier alpha value is -0.0400. The van der Waals surface area contributed by atoms with Gasteiger partial charge in [0.1, 0.15) is 0 Å². The highest BCUT2D eigenvalue weighted by molar-refractivity contribution is 5.11. The van der Waals surface area contributed by atoms with E-state index in [0.29, 0.717) is 16.7 Å². The topological polar surface area (TPSA) is 20.2 Å². The fourth-order valence-corrected chi connectivity index (χ4v) is 9.28. The van der Waals surface area contributed by atoms with E-state index in [1.165, 1.54) is 70.6 Å². The molecule has 0 amide bonds. The molecular formula is C27H48O. The average molecular weight is 389 g/mol. The van der Waals surface area contributed by atoms with E-state index in [-0.39, 0.29) is 6.10 Å². The molecule has 9 atom stereocenters. The van der Waals surface area contributed by atoms with E-state index in [0.717, 1.165) is 41.9 Å². The summed E-state index contributed by atoms with van der Waals surface area (Å²) >= 11 is 0. The average Bonchev–Trinajstić information content (AvgIpc) is 2.99. The van der Waals surface area contributed by atoms with Crippen molar-refractivity contribution in [2.24, 2.45) is 52.3 Å². The Morgan fingerprint density at radius 3 is 2.36 bits per heavy atom. The Morgan fingerprint density at radius 2 is 1.61 bits per heavy atom. The van der Waals surface area contributed by atoms with Crippen LogP contribution in [0.5, 0.6) is 0 Å². The minimum absolute atomic E-state index is 0.0132. The molecule has 0 saturated heterocycles. The van der Waals surface area contributed by atoms with Crippen molar-refractivity contribution in [3.8, 4) is 0 Å². The lowest BCUT2D eigenvalue weighted by Crippen LogP contribution is -2.57. The Bertz CT molecular complexity index is 540. The first kappa shape index (κ1) is 21.2. The summed E-state index contributed by atoms with van der Waals surface area (Å²) in [6.07, 6.45) is 16.6. The second-order valence-corrected chi connectivity index (χ2v) is 12.6. The van der Waals surface area contributed by atoms with Gasteiger partial charge in [0, 0.05) is 0 Å². The molecule has 0 aromatic carbocycles. The van der Waals surface area contributed by atoms with Gasteiger partial charge in [-0.25, -0.2) is 0 Å². The van der Waals surface area contributed by atoms with Gasteiger partial charge in [0.2, 0.25) is 0 Å². The van der Waals surface area contributed by atoms with Gasteiger partial charge >= 0.3 is 0 Å². The fraction of sp³-hybridized carbons (Fsp3) is 1.00. The van der Waals surface area contributed by atoms with Crippen LogP contribution in [0.2, 0.25) is 0 Å². The van der Waals surface area contributed by atoms with Crippen molar-refractivity contribution in [1.29, 1.82) is 0 Å². The van der Waals surface area contributed by atoms with Crippen LogP contribution >= 0.6 is 0 Å². The van der Waals surface area contributed by atoms with Gasteiger partial charge in [-0.3, -0.25) is 0 Å². The second kappa shape index (κ2) is 7.90. The predicted molar refractivity (Wildman–Crippen MR) is 119 cm³/mol. The monoisotopic (exact) mass is 388 g/mol. The first-order valence-electron chi connectivity index (χ1n) is 13.0. The summed E-state index contributed by atoms with van der Waals surface area (Å²) < 4.78 is 0. The molecule has 1 heteroatoms. The van der Waals surface area contributed by atoms with E-state index >= 15 is 0 Å². The van der Waals surface area contributed by atoms with Gasteiger partial charge in [-0.1, -0.05) is 66.7 Å². The normalized spacial score (nSPS) is 49.4. The molecule has 4 aliphatic carbocycles. The maximum Gasteiger partial charge on any atom is 0.0577 e. The van der Waals surface area contributed by atoms with Crippen molar-refractivity contribution in [3.63, 3.8) is 0 Å². The Balaban J connectivity index is 1.50. The molecule has 4 rings (SSSR count). The Labute approximate surface area is 175 Å². The molecule has 4 aliphatic rings. The molecule has 0 unspecified atom stereocenters. The van der Waals surface area contributed by atoms with Crippen LogP contribution in [0.3, 0.4) is 0 Å². The van der Waals surface area contributed by atoms with Crippen molar-refractivity contribution in [1.82, 2.24) is 0 Å². The molecule has 4 fully saturated rings. The molecule has 0 spiro atoms. The van der Waals surface area contributed by atoms with Crippen LogP contribution in [-0.2, 0) is 0 Å². The summed E-state index contributed by atoms with van der Waals surface area (Å²) in [5, 5.41) is 11.3. The number of hydrogen-bond donors (Lipinski definition) is 1. The van der Waals surface area contributed by atoms with Gasteiger partial charge < -0.3 is 5.11 Å². The van der Waals surface area contributed by atoms with Crippen LogP contribution < -0.4 is 0 Å². The maximum atomic E-state index is 11.3. The third kappa shape index (κ3) is 3.40. The number of aliphatic hydroxyl groups is 1. The number of hydrogen-bond acceptors (Lipinski definition) is 1. The van der Waals surface area contributed by atoms with Gasteiger partial charge in [0.25, 0.3) is 0 Å². The largest absolute Gasteiger partial charge is 0.393 e. The zero-order valence-electron chi connectivity index (χ0n) is 19.6. The highest BCUT2D eigenvalue weighted by atomic mass is 16.3. The highest BCUT2D eigenvalue weighted by Crippen LogP contribution is 2.68. The number of fused-ring (bicyclic) bond motifs is 5. The van der Waals surface area contributed by atoms with Crippen molar-refractivity contribution >= 4 is 0 Å². The lowest BCUT2D eigenvalue weighted by Gasteiger charge is -2.62. The first-order valence-corrected chi connectivity index (χ1v) is 13.0. The van der Waals surface area contributed by atoms with Crippen LogP contribution in [0.15, 0.2) is 0 Å². The van der Waals surface area contributed by atoms with Gasteiger partial charge in [0.15, 0.2) is 0 Å². The minimum atomic E-state index is -0.0132. The molecule has 0 aromatic rings. The number of rotatable bonds is 5. The summed E-state index contributed by atoms with van der Waals surface area (Å²) in [5.41, 5.74) is 1.03. The van der Waals surface area contributed by atoms with E-state index in [1.54, 1.807) is 0 Å². The predicted octanol–water partition coefficient (Wildman–Crippen LogP) is 7.47. The van der Waals surface area contributed by atoms with Crippen LogP contribution in [0, 0.1) is 52.3 Å². The van der Waals surface area contributed by atoms with Gasteiger partial charge in [-0.2, -0.15) is 0 Å². The molecular weight excluding hydrogens is 340 g/mol. The van der Waals surface area contributed by atoms with E-state index in [9.17, 15) is 5.11 Å². The van der Waals surface area contributed by atoms with Gasteiger partial charge in [-0.05, 0) is 97.2 Å². The summed E-state index contributed by atoms with van der Waals surface area (Å²) in [7, 11) is 0. The molecule has 0 aliphatic heterocycles. The van der Waals surface area contributed by atoms with E-state index in [1.807, 2.05) is 0 Å². The zero-order chi connectivity index (χ0) is 20.1. The third-order valence-corrected chi connectivity index (χ3v) is 10.8.